The number of aliphatic hydroxyl groups is 1. The van der Waals surface area contributed by atoms with E-state index < -0.39 is 11.7 Å². The van der Waals surface area contributed by atoms with Gasteiger partial charge < -0.3 is 15.2 Å². The van der Waals surface area contributed by atoms with Crippen LogP contribution in [0.1, 0.15) is 74.1 Å². The van der Waals surface area contributed by atoms with Crippen LogP contribution in [0, 0.1) is 17.3 Å². The molecule has 0 saturated heterocycles. The average molecular weight is 315 g/mol. The molecule has 0 heterocycles. The Morgan fingerprint density at radius 2 is 1.68 bits per heavy atom. The number of nitrogens with one attached hydrogen (secondary N) is 1. The van der Waals surface area contributed by atoms with Gasteiger partial charge in [-0.1, -0.05) is 40.5 Å². The van der Waals surface area contributed by atoms with E-state index in [4.69, 9.17) is 4.74 Å². The number of amides is 1. The van der Waals surface area contributed by atoms with Gasteiger partial charge in [0.05, 0.1) is 6.61 Å². The average Bonchev–Trinajstić information content (AvgIpc) is 2.39. The van der Waals surface area contributed by atoms with E-state index in [2.05, 4.69) is 33.0 Å². The highest BCUT2D eigenvalue weighted by Gasteiger charge is 2.33. The number of alkyl carbamates (subject to hydrolysis) is 1. The maximum absolute atomic E-state index is 11.9. The molecule has 0 aromatic heterocycles. The molecule has 1 unspecified atom stereocenters. The van der Waals surface area contributed by atoms with Crippen LogP contribution in [-0.4, -0.2) is 30.0 Å². The van der Waals surface area contributed by atoms with Gasteiger partial charge in [-0.2, -0.15) is 0 Å². The molecule has 2 N–H and O–H groups in total. The summed E-state index contributed by atoms with van der Waals surface area (Å²) >= 11 is 0. The van der Waals surface area contributed by atoms with Crippen molar-refractivity contribution in [3.05, 3.63) is 0 Å². The first-order valence-corrected chi connectivity index (χ1v) is 8.65. The topological polar surface area (TPSA) is 58.6 Å². The van der Waals surface area contributed by atoms with Crippen molar-refractivity contribution in [1.29, 1.82) is 0 Å². The molecule has 0 aliphatic heterocycles. The number of hydrogen-bond donors (Lipinski definition) is 2. The van der Waals surface area contributed by atoms with Crippen LogP contribution in [0.15, 0.2) is 0 Å². The highest BCUT2D eigenvalue weighted by Crippen LogP contribution is 2.35. The van der Waals surface area contributed by atoms with Gasteiger partial charge in [0.25, 0.3) is 0 Å². The summed E-state index contributed by atoms with van der Waals surface area (Å²) in [5.41, 5.74) is -0.763. The lowest BCUT2D eigenvalue weighted by Crippen LogP contribution is -2.44. The third-order valence-electron chi connectivity index (χ3n) is 4.06. The standard InChI is InChI=1S/C18H37NO3/c1-8-15(9-2)11-18(13-20,10-14(3)4)12-19-16(21)22-17(5,6)7/h14-15,20H,8-13H2,1-7H3,(H,19,21). The molecule has 4 nitrogen and oxygen atoms in total. The molecule has 0 radical (unpaired) electrons. The van der Waals surface area contributed by atoms with Crippen LogP contribution in [-0.2, 0) is 4.74 Å². The zero-order valence-corrected chi connectivity index (χ0v) is 15.7. The van der Waals surface area contributed by atoms with Gasteiger partial charge in [-0.3, -0.25) is 0 Å². The Balaban J connectivity index is 4.87. The first-order valence-electron chi connectivity index (χ1n) is 8.65. The lowest BCUT2D eigenvalue weighted by Gasteiger charge is -2.37. The normalized spacial score (nSPS) is 15.0. The molecule has 0 spiro atoms. The van der Waals surface area contributed by atoms with Gasteiger partial charge in [0.2, 0.25) is 0 Å². The van der Waals surface area contributed by atoms with Gasteiger partial charge in [0.1, 0.15) is 5.60 Å². The summed E-state index contributed by atoms with van der Waals surface area (Å²) in [4.78, 5) is 11.9. The van der Waals surface area contributed by atoms with Crippen LogP contribution < -0.4 is 5.32 Å². The van der Waals surface area contributed by atoms with Crippen molar-refractivity contribution in [3.63, 3.8) is 0 Å². The molecule has 0 bridgehead atoms. The van der Waals surface area contributed by atoms with Crippen LogP contribution in [0.2, 0.25) is 0 Å². The molecule has 0 saturated carbocycles. The monoisotopic (exact) mass is 315 g/mol. The van der Waals surface area contributed by atoms with Crippen molar-refractivity contribution in [1.82, 2.24) is 5.32 Å². The number of hydrogen-bond acceptors (Lipinski definition) is 3. The van der Waals surface area contributed by atoms with Gasteiger partial charge in [0, 0.05) is 12.0 Å². The Hall–Kier alpha value is -0.770. The van der Waals surface area contributed by atoms with E-state index >= 15 is 0 Å². The molecular weight excluding hydrogens is 278 g/mol. The fourth-order valence-corrected chi connectivity index (χ4v) is 3.04. The summed E-state index contributed by atoms with van der Waals surface area (Å²) in [5, 5.41) is 12.9. The Morgan fingerprint density at radius 1 is 1.14 bits per heavy atom. The number of rotatable bonds is 9. The van der Waals surface area contributed by atoms with Crippen LogP contribution in [0.5, 0.6) is 0 Å². The van der Waals surface area contributed by atoms with Crippen molar-refractivity contribution in [2.45, 2.75) is 79.8 Å². The molecule has 0 aliphatic carbocycles. The van der Waals surface area contributed by atoms with E-state index in [1.165, 1.54) is 0 Å². The predicted molar refractivity (Wildman–Crippen MR) is 91.9 cm³/mol. The fraction of sp³-hybridized carbons (Fsp3) is 0.944. The summed E-state index contributed by atoms with van der Waals surface area (Å²) in [6, 6.07) is 0. The zero-order valence-electron chi connectivity index (χ0n) is 15.7. The quantitative estimate of drug-likeness (QED) is 0.664. The third-order valence-corrected chi connectivity index (χ3v) is 4.06. The van der Waals surface area contributed by atoms with Crippen LogP contribution in [0.4, 0.5) is 4.79 Å². The van der Waals surface area contributed by atoms with Gasteiger partial charge in [-0.15, -0.1) is 0 Å². The molecule has 4 heteroatoms. The predicted octanol–water partition coefficient (Wildman–Crippen LogP) is 4.36. The molecule has 0 aliphatic rings. The van der Waals surface area contributed by atoms with Crippen molar-refractivity contribution in [3.8, 4) is 0 Å². The molecule has 132 valence electrons. The number of aliphatic hydroxyl groups excluding tert-OH is 1. The summed E-state index contributed by atoms with van der Waals surface area (Å²) in [6.45, 7) is 14.8. The third kappa shape index (κ3) is 8.62. The molecule has 1 amide bonds. The van der Waals surface area contributed by atoms with E-state index in [9.17, 15) is 9.90 Å². The van der Waals surface area contributed by atoms with Crippen LogP contribution >= 0.6 is 0 Å². The summed E-state index contributed by atoms with van der Waals surface area (Å²) < 4.78 is 5.31. The highest BCUT2D eigenvalue weighted by molar-refractivity contribution is 5.67. The number of carbonyl (C=O) groups is 1. The molecule has 22 heavy (non-hydrogen) atoms. The van der Waals surface area contributed by atoms with Gasteiger partial charge in [-0.25, -0.2) is 4.79 Å². The maximum atomic E-state index is 11.9. The van der Waals surface area contributed by atoms with Gasteiger partial charge >= 0.3 is 6.09 Å². The second-order valence-electron chi connectivity index (χ2n) is 8.00. The van der Waals surface area contributed by atoms with E-state index in [0.29, 0.717) is 18.4 Å². The number of ether oxygens (including phenoxy) is 1. The van der Waals surface area contributed by atoms with Crippen molar-refractivity contribution in [2.75, 3.05) is 13.2 Å². The van der Waals surface area contributed by atoms with Crippen molar-refractivity contribution < 1.29 is 14.6 Å². The van der Waals surface area contributed by atoms with Gasteiger partial charge in [-0.05, 0) is 45.4 Å². The first kappa shape index (κ1) is 21.2. The Morgan fingerprint density at radius 3 is 2.05 bits per heavy atom. The molecule has 0 aromatic carbocycles. The fourth-order valence-electron chi connectivity index (χ4n) is 3.04. The summed E-state index contributed by atoms with van der Waals surface area (Å²) in [5.74, 6) is 1.05. The van der Waals surface area contributed by atoms with Crippen LogP contribution in [0.25, 0.3) is 0 Å². The second kappa shape index (κ2) is 9.39. The van der Waals surface area contributed by atoms with E-state index in [-0.39, 0.29) is 12.0 Å². The Bertz CT molecular complexity index is 319. The smallest absolute Gasteiger partial charge is 0.407 e. The van der Waals surface area contributed by atoms with E-state index in [1.54, 1.807) is 0 Å². The largest absolute Gasteiger partial charge is 0.444 e. The van der Waals surface area contributed by atoms with E-state index in [1.807, 2.05) is 20.8 Å². The van der Waals surface area contributed by atoms with Gasteiger partial charge in [0.15, 0.2) is 0 Å². The molecule has 1 atom stereocenters. The molecule has 0 aromatic rings. The first-order chi connectivity index (χ1) is 10.1. The minimum atomic E-state index is -0.501. The minimum Gasteiger partial charge on any atom is -0.444 e. The Kier molecular flexibility index (Phi) is 9.06. The zero-order chi connectivity index (χ0) is 17.4. The number of carbonyl (C=O) groups excluding carboxylic acids is 1. The maximum Gasteiger partial charge on any atom is 0.407 e. The molecule has 0 fully saturated rings. The summed E-state index contributed by atoms with van der Waals surface area (Å²) in [7, 11) is 0. The molecular formula is C18H37NO3. The Labute approximate surface area is 137 Å². The molecule has 0 rings (SSSR count). The summed E-state index contributed by atoms with van der Waals surface area (Å²) in [6.07, 6.45) is 3.63. The lowest BCUT2D eigenvalue weighted by atomic mass is 9.73. The SMILES string of the molecule is CCC(CC)CC(CO)(CNC(=O)OC(C)(C)C)CC(C)C. The van der Waals surface area contributed by atoms with Crippen molar-refractivity contribution >= 4 is 6.09 Å². The lowest BCUT2D eigenvalue weighted by molar-refractivity contribution is 0.0384. The second-order valence-corrected chi connectivity index (χ2v) is 8.00. The minimum absolute atomic E-state index is 0.0947. The highest BCUT2D eigenvalue weighted by atomic mass is 16.6. The van der Waals surface area contributed by atoms with E-state index in [0.717, 1.165) is 25.7 Å². The van der Waals surface area contributed by atoms with Crippen LogP contribution in [0.3, 0.4) is 0 Å². The van der Waals surface area contributed by atoms with Crippen molar-refractivity contribution in [2.24, 2.45) is 17.3 Å².